The van der Waals surface area contributed by atoms with E-state index in [1.54, 1.807) is 31.5 Å². The third-order valence-electron chi connectivity index (χ3n) is 2.77. The molecule has 0 aromatic carbocycles. The Hall–Kier alpha value is -1.46. The van der Waals surface area contributed by atoms with Gasteiger partial charge in [-0.1, -0.05) is 0 Å². The van der Waals surface area contributed by atoms with Gasteiger partial charge in [0, 0.05) is 12.4 Å². The van der Waals surface area contributed by atoms with Crippen molar-refractivity contribution in [2.24, 2.45) is 0 Å². The lowest BCUT2D eigenvalue weighted by Gasteiger charge is -2.26. The van der Waals surface area contributed by atoms with E-state index < -0.39 is 11.5 Å². The summed E-state index contributed by atoms with van der Waals surface area (Å²) in [4.78, 5) is 15.3. The molecule has 0 aliphatic rings. The lowest BCUT2D eigenvalue weighted by atomic mass is 9.93. The van der Waals surface area contributed by atoms with Crippen LogP contribution in [0.5, 0.6) is 0 Å². The minimum absolute atomic E-state index is 0.645. The minimum Gasteiger partial charge on any atom is -0.480 e. The minimum atomic E-state index is -1.06. The second-order valence-corrected chi connectivity index (χ2v) is 4.05. The van der Waals surface area contributed by atoms with Crippen LogP contribution in [-0.4, -0.2) is 36.2 Å². The molecule has 0 amide bonds. The number of carboxylic acids is 1. The highest BCUT2D eigenvalue weighted by molar-refractivity contribution is 5.80. The van der Waals surface area contributed by atoms with Crippen LogP contribution in [0.3, 0.4) is 0 Å². The molecule has 0 saturated carbocycles. The molecular formula is C12H19N3O2. The molecule has 0 bridgehead atoms. The molecule has 17 heavy (non-hydrogen) atoms. The number of hydrogen-bond acceptors (Lipinski definition) is 4. The molecule has 1 unspecified atom stereocenters. The fraction of sp³-hybridized carbons (Fsp3) is 0.500. The quantitative estimate of drug-likeness (QED) is 0.605. The Kier molecular flexibility index (Phi) is 5.06. The van der Waals surface area contributed by atoms with Gasteiger partial charge in [-0.15, -0.1) is 0 Å². The number of rotatable bonds is 7. The Balaban J connectivity index is 2.73. The standard InChI is InChI=1S/C12H19N3O2/c1-12(11(16)17,15-7-3-6-13-2)10-4-8-14-9-5-10/h4-5,8-9,13,15H,3,6-7H2,1-2H3,(H,16,17). The fourth-order valence-corrected chi connectivity index (χ4v) is 1.59. The van der Waals surface area contributed by atoms with Crippen LogP contribution in [0.2, 0.25) is 0 Å². The zero-order chi connectivity index (χ0) is 12.7. The van der Waals surface area contributed by atoms with Crippen LogP contribution in [0.4, 0.5) is 0 Å². The molecule has 94 valence electrons. The van der Waals surface area contributed by atoms with Gasteiger partial charge in [-0.05, 0) is 51.2 Å². The van der Waals surface area contributed by atoms with E-state index in [2.05, 4.69) is 15.6 Å². The Morgan fingerprint density at radius 3 is 2.59 bits per heavy atom. The number of pyridine rings is 1. The van der Waals surface area contributed by atoms with E-state index in [9.17, 15) is 9.90 Å². The summed E-state index contributed by atoms with van der Waals surface area (Å²) in [6.07, 6.45) is 4.09. The van der Waals surface area contributed by atoms with Crippen LogP contribution < -0.4 is 10.6 Å². The van der Waals surface area contributed by atoms with Crippen molar-refractivity contribution in [2.45, 2.75) is 18.9 Å². The van der Waals surface area contributed by atoms with Crippen LogP contribution in [0.25, 0.3) is 0 Å². The predicted octanol–water partition coefficient (Wildman–Crippen LogP) is 0.581. The SMILES string of the molecule is CNCCCNC(C)(C(=O)O)c1ccncc1. The van der Waals surface area contributed by atoms with E-state index in [0.717, 1.165) is 13.0 Å². The number of aromatic nitrogens is 1. The molecule has 3 N–H and O–H groups in total. The van der Waals surface area contributed by atoms with Crippen molar-refractivity contribution in [1.29, 1.82) is 0 Å². The van der Waals surface area contributed by atoms with Gasteiger partial charge in [0.25, 0.3) is 0 Å². The monoisotopic (exact) mass is 237 g/mol. The molecule has 0 fully saturated rings. The maximum absolute atomic E-state index is 11.4. The average Bonchev–Trinajstić information content (AvgIpc) is 2.35. The molecule has 1 heterocycles. The molecule has 0 spiro atoms. The van der Waals surface area contributed by atoms with E-state index in [4.69, 9.17) is 0 Å². The number of carbonyl (C=O) groups is 1. The Morgan fingerprint density at radius 2 is 2.06 bits per heavy atom. The number of aliphatic carboxylic acids is 1. The van der Waals surface area contributed by atoms with Gasteiger partial charge in [0.05, 0.1) is 0 Å². The topological polar surface area (TPSA) is 74.2 Å². The lowest BCUT2D eigenvalue weighted by molar-refractivity contribution is -0.144. The highest BCUT2D eigenvalue weighted by atomic mass is 16.4. The summed E-state index contributed by atoms with van der Waals surface area (Å²) < 4.78 is 0. The van der Waals surface area contributed by atoms with Crippen molar-refractivity contribution < 1.29 is 9.90 Å². The van der Waals surface area contributed by atoms with E-state index in [0.29, 0.717) is 12.1 Å². The molecule has 1 atom stereocenters. The maximum Gasteiger partial charge on any atom is 0.328 e. The molecule has 1 aromatic heterocycles. The van der Waals surface area contributed by atoms with Gasteiger partial charge in [-0.25, -0.2) is 4.79 Å². The van der Waals surface area contributed by atoms with Gasteiger partial charge < -0.3 is 10.4 Å². The second-order valence-electron chi connectivity index (χ2n) is 4.05. The summed E-state index contributed by atoms with van der Waals surface area (Å²) in [5, 5.41) is 15.4. The second kappa shape index (κ2) is 6.32. The van der Waals surface area contributed by atoms with Crippen LogP contribution in [0, 0.1) is 0 Å². The van der Waals surface area contributed by atoms with Crippen LogP contribution >= 0.6 is 0 Å². The van der Waals surface area contributed by atoms with Gasteiger partial charge >= 0.3 is 5.97 Å². The van der Waals surface area contributed by atoms with Gasteiger partial charge in [-0.2, -0.15) is 0 Å². The number of hydrogen-bond donors (Lipinski definition) is 3. The van der Waals surface area contributed by atoms with Crippen LogP contribution in [0.15, 0.2) is 24.5 Å². The summed E-state index contributed by atoms with van der Waals surface area (Å²) in [6.45, 7) is 3.18. The van der Waals surface area contributed by atoms with E-state index in [1.807, 2.05) is 7.05 Å². The molecule has 5 heteroatoms. The van der Waals surface area contributed by atoms with Crippen molar-refractivity contribution in [2.75, 3.05) is 20.1 Å². The van der Waals surface area contributed by atoms with Gasteiger partial charge in [0.15, 0.2) is 0 Å². The van der Waals surface area contributed by atoms with Crippen molar-refractivity contribution in [3.63, 3.8) is 0 Å². The third kappa shape index (κ3) is 3.51. The first kappa shape index (κ1) is 13.6. The van der Waals surface area contributed by atoms with Gasteiger partial charge in [0.2, 0.25) is 0 Å². The maximum atomic E-state index is 11.4. The lowest BCUT2D eigenvalue weighted by Crippen LogP contribution is -2.47. The summed E-state index contributed by atoms with van der Waals surface area (Å²) in [5.74, 6) is -0.881. The van der Waals surface area contributed by atoms with Crippen LogP contribution in [0.1, 0.15) is 18.9 Å². The Bertz CT molecular complexity index is 356. The highest BCUT2D eigenvalue weighted by Crippen LogP contribution is 2.20. The summed E-state index contributed by atoms with van der Waals surface area (Å²) >= 11 is 0. The fourth-order valence-electron chi connectivity index (χ4n) is 1.59. The molecule has 0 radical (unpaired) electrons. The molecule has 0 aliphatic carbocycles. The first-order chi connectivity index (χ1) is 8.11. The summed E-state index contributed by atoms with van der Waals surface area (Å²) in [6, 6.07) is 3.44. The number of nitrogens with one attached hydrogen (secondary N) is 2. The van der Waals surface area contributed by atoms with E-state index in [1.165, 1.54) is 0 Å². The Morgan fingerprint density at radius 1 is 1.41 bits per heavy atom. The zero-order valence-corrected chi connectivity index (χ0v) is 10.2. The summed E-state index contributed by atoms with van der Waals surface area (Å²) in [7, 11) is 1.87. The van der Waals surface area contributed by atoms with Crippen molar-refractivity contribution in [3.05, 3.63) is 30.1 Å². The van der Waals surface area contributed by atoms with Crippen molar-refractivity contribution in [3.8, 4) is 0 Å². The van der Waals surface area contributed by atoms with E-state index in [-0.39, 0.29) is 0 Å². The Labute approximate surface area is 101 Å². The van der Waals surface area contributed by atoms with Gasteiger partial charge in [-0.3, -0.25) is 10.3 Å². The summed E-state index contributed by atoms with van der Waals surface area (Å²) in [5.41, 5.74) is -0.346. The van der Waals surface area contributed by atoms with Crippen molar-refractivity contribution in [1.82, 2.24) is 15.6 Å². The van der Waals surface area contributed by atoms with Gasteiger partial charge in [0.1, 0.15) is 5.54 Å². The smallest absolute Gasteiger partial charge is 0.328 e. The van der Waals surface area contributed by atoms with Crippen LogP contribution in [-0.2, 0) is 10.3 Å². The largest absolute Gasteiger partial charge is 0.480 e. The molecular weight excluding hydrogens is 218 g/mol. The zero-order valence-electron chi connectivity index (χ0n) is 10.2. The molecule has 0 aliphatic heterocycles. The molecule has 1 aromatic rings. The molecule has 0 saturated heterocycles. The number of carboxylic acid groups (broad SMARTS) is 1. The first-order valence-electron chi connectivity index (χ1n) is 5.65. The average molecular weight is 237 g/mol. The number of nitrogens with zero attached hydrogens (tertiary/aromatic N) is 1. The predicted molar refractivity (Wildman–Crippen MR) is 65.8 cm³/mol. The van der Waals surface area contributed by atoms with E-state index >= 15 is 0 Å². The normalized spacial score (nSPS) is 14.2. The third-order valence-corrected chi connectivity index (χ3v) is 2.77. The van der Waals surface area contributed by atoms with Crippen molar-refractivity contribution >= 4 is 5.97 Å². The molecule has 1 rings (SSSR count). The first-order valence-corrected chi connectivity index (χ1v) is 5.65. The highest BCUT2D eigenvalue weighted by Gasteiger charge is 2.34. The molecule has 5 nitrogen and oxygen atoms in total.